The molecule has 4 nitrogen and oxygen atoms in total. The fourth-order valence-corrected chi connectivity index (χ4v) is 2.25. The van der Waals surface area contributed by atoms with Gasteiger partial charge in [0, 0.05) is 12.4 Å². The molecule has 0 bridgehead atoms. The van der Waals surface area contributed by atoms with Crippen molar-refractivity contribution in [3.63, 3.8) is 0 Å². The molecule has 1 atom stereocenters. The molecule has 1 aromatic carbocycles. The predicted molar refractivity (Wildman–Crippen MR) is 76.0 cm³/mol. The number of nitrogens with two attached hydrogens (primary N) is 1. The number of nitrogens with one attached hydrogen (secondary N) is 1. The lowest BCUT2D eigenvalue weighted by Gasteiger charge is -2.17. The number of ether oxygens (including phenoxy) is 1. The van der Waals surface area contributed by atoms with Crippen LogP contribution in [-0.4, -0.2) is 12.1 Å². The molecule has 0 spiro atoms. The van der Waals surface area contributed by atoms with Crippen molar-refractivity contribution >= 4 is 11.6 Å². The van der Waals surface area contributed by atoms with E-state index in [-0.39, 0.29) is 11.8 Å². The van der Waals surface area contributed by atoms with E-state index in [0.717, 1.165) is 11.1 Å². The molecule has 0 aliphatic rings. The smallest absolute Gasteiger partial charge is 0.165 e. The molecule has 0 fully saturated rings. The highest BCUT2D eigenvalue weighted by Crippen LogP contribution is 2.26. The summed E-state index contributed by atoms with van der Waals surface area (Å²) in [7, 11) is 1.43. The SMILES string of the molecule is COc1ccc(CC(NN)c2ccncc2Cl)cc1F. The Hall–Kier alpha value is -1.69. The van der Waals surface area contributed by atoms with E-state index in [2.05, 4.69) is 10.4 Å². The van der Waals surface area contributed by atoms with E-state index in [0.29, 0.717) is 11.4 Å². The normalized spacial score (nSPS) is 12.2. The predicted octanol–water partition coefficient (Wildman–Crippen LogP) is 2.63. The zero-order valence-electron chi connectivity index (χ0n) is 10.9. The molecule has 6 heteroatoms. The van der Waals surface area contributed by atoms with Crippen molar-refractivity contribution in [2.45, 2.75) is 12.5 Å². The Bertz CT molecular complexity index is 594. The van der Waals surface area contributed by atoms with Gasteiger partial charge in [0.1, 0.15) is 0 Å². The zero-order valence-corrected chi connectivity index (χ0v) is 11.7. The molecule has 0 aliphatic heterocycles. The van der Waals surface area contributed by atoms with Gasteiger partial charge in [-0.15, -0.1) is 0 Å². The van der Waals surface area contributed by atoms with Gasteiger partial charge in [0.2, 0.25) is 0 Å². The number of hydrogen-bond donors (Lipinski definition) is 2. The standard InChI is InChI=1S/C14H15ClFN3O/c1-20-14-3-2-9(6-12(14)16)7-13(19-17)10-4-5-18-8-11(10)15/h2-6,8,13,19H,7,17H2,1H3. The molecule has 1 heterocycles. The lowest BCUT2D eigenvalue weighted by molar-refractivity contribution is 0.386. The third-order valence-corrected chi connectivity index (χ3v) is 3.35. The number of hydrazine groups is 1. The lowest BCUT2D eigenvalue weighted by Crippen LogP contribution is -2.29. The van der Waals surface area contributed by atoms with Crippen LogP contribution in [0.1, 0.15) is 17.2 Å². The van der Waals surface area contributed by atoms with Crippen molar-refractivity contribution in [1.29, 1.82) is 0 Å². The fourth-order valence-electron chi connectivity index (χ4n) is 2.00. The highest BCUT2D eigenvalue weighted by molar-refractivity contribution is 6.31. The Morgan fingerprint density at radius 1 is 1.45 bits per heavy atom. The van der Waals surface area contributed by atoms with Crippen LogP contribution >= 0.6 is 11.6 Å². The topological polar surface area (TPSA) is 60.2 Å². The van der Waals surface area contributed by atoms with E-state index in [1.54, 1.807) is 30.6 Å². The van der Waals surface area contributed by atoms with Crippen LogP contribution in [0.4, 0.5) is 4.39 Å². The maximum atomic E-state index is 13.7. The quantitative estimate of drug-likeness (QED) is 0.657. The van der Waals surface area contributed by atoms with E-state index in [4.69, 9.17) is 22.2 Å². The van der Waals surface area contributed by atoms with Gasteiger partial charge in [0.15, 0.2) is 11.6 Å². The van der Waals surface area contributed by atoms with Gasteiger partial charge in [-0.05, 0) is 35.7 Å². The van der Waals surface area contributed by atoms with E-state index >= 15 is 0 Å². The fraction of sp³-hybridized carbons (Fsp3) is 0.214. The van der Waals surface area contributed by atoms with Crippen molar-refractivity contribution < 1.29 is 9.13 Å². The monoisotopic (exact) mass is 295 g/mol. The molecule has 2 aromatic rings. The van der Waals surface area contributed by atoms with Gasteiger partial charge in [0.25, 0.3) is 0 Å². The van der Waals surface area contributed by atoms with Crippen LogP contribution in [0.5, 0.6) is 5.75 Å². The molecule has 1 unspecified atom stereocenters. The highest BCUT2D eigenvalue weighted by atomic mass is 35.5. The first-order valence-corrected chi connectivity index (χ1v) is 6.41. The third-order valence-electron chi connectivity index (χ3n) is 3.04. The van der Waals surface area contributed by atoms with E-state index in [1.165, 1.54) is 13.2 Å². The Morgan fingerprint density at radius 3 is 2.85 bits per heavy atom. The average Bonchev–Trinajstić information content (AvgIpc) is 2.46. The van der Waals surface area contributed by atoms with Gasteiger partial charge in [-0.25, -0.2) is 4.39 Å². The minimum Gasteiger partial charge on any atom is -0.494 e. The Morgan fingerprint density at radius 2 is 2.25 bits per heavy atom. The summed E-state index contributed by atoms with van der Waals surface area (Å²) < 4.78 is 18.6. The van der Waals surface area contributed by atoms with E-state index in [1.807, 2.05) is 0 Å². The minimum atomic E-state index is -0.401. The number of hydrogen-bond acceptors (Lipinski definition) is 4. The van der Waals surface area contributed by atoms with Gasteiger partial charge in [-0.3, -0.25) is 16.3 Å². The molecular formula is C14H15ClFN3O. The second-order valence-corrected chi connectivity index (χ2v) is 4.70. The summed E-state index contributed by atoms with van der Waals surface area (Å²) in [5, 5.41) is 0.518. The Kier molecular flexibility index (Phi) is 4.89. The van der Waals surface area contributed by atoms with Gasteiger partial charge >= 0.3 is 0 Å². The molecule has 0 saturated carbocycles. The highest BCUT2D eigenvalue weighted by Gasteiger charge is 2.15. The van der Waals surface area contributed by atoms with Gasteiger partial charge in [-0.1, -0.05) is 17.7 Å². The number of pyridine rings is 1. The van der Waals surface area contributed by atoms with Gasteiger partial charge in [-0.2, -0.15) is 0 Å². The summed E-state index contributed by atoms with van der Waals surface area (Å²) in [6, 6.07) is 6.37. The molecule has 106 valence electrons. The first-order valence-electron chi connectivity index (χ1n) is 6.03. The lowest BCUT2D eigenvalue weighted by atomic mass is 10.00. The molecule has 2 rings (SSSR count). The number of methoxy groups -OCH3 is 1. The van der Waals surface area contributed by atoms with Crippen LogP contribution in [0, 0.1) is 5.82 Å². The summed E-state index contributed by atoms with van der Waals surface area (Å²) in [6.45, 7) is 0. The average molecular weight is 296 g/mol. The Labute approximate surface area is 121 Å². The van der Waals surface area contributed by atoms with E-state index in [9.17, 15) is 4.39 Å². The number of aromatic nitrogens is 1. The molecular weight excluding hydrogens is 281 g/mol. The summed E-state index contributed by atoms with van der Waals surface area (Å²) in [4.78, 5) is 3.93. The van der Waals surface area contributed by atoms with Gasteiger partial charge < -0.3 is 4.74 Å². The number of halogens is 2. The summed E-state index contributed by atoms with van der Waals surface area (Å²) in [5.74, 6) is 5.38. The van der Waals surface area contributed by atoms with Crippen molar-refractivity contribution in [2.24, 2.45) is 5.84 Å². The summed E-state index contributed by atoms with van der Waals surface area (Å²) in [6.07, 6.45) is 3.69. The second-order valence-electron chi connectivity index (χ2n) is 4.29. The Balaban J connectivity index is 2.23. The van der Waals surface area contributed by atoms with Crippen LogP contribution in [0.2, 0.25) is 5.02 Å². The van der Waals surface area contributed by atoms with Crippen molar-refractivity contribution in [2.75, 3.05) is 7.11 Å². The second kappa shape index (κ2) is 6.65. The zero-order chi connectivity index (χ0) is 14.5. The maximum Gasteiger partial charge on any atom is 0.165 e. The van der Waals surface area contributed by atoms with Crippen LogP contribution in [-0.2, 0) is 6.42 Å². The number of nitrogens with zero attached hydrogens (tertiary/aromatic N) is 1. The van der Waals surface area contributed by atoms with Crippen LogP contribution in [0.3, 0.4) is 0 Å². The first kappa shape index (κ1) is 14.7. The molecule has 1 aromatic heterocycles. The largest absolute Gasteiger partial charge is 0.494 e. The first-order chi connectivity index (χ1) is 9.65. The molecule has 0 amide bonds. The molecule has 0 saturated heterocycles. The minimum absolute atomic E-state index is 0.216. The molecule has 20 heavy (non-hydrogen) atoms. The van der Waals surface area contributed by atoms with Crippen molar-refractivity contribution in [1.82, 2.24) is 10.4 Å². The number of benzene rings is 1. The van der Waals surface area contributed by atoms with Crippen LogP contribution < -0.4 is 16.0 Å². The summed E-state index contributed by atoms with van der Waals surface area (Å²) in [5.41, 5.74) is 4.30. The van der Waals surface area contributed by atoms with E-state index < -0.39 is 5.82 Å². The van der Waals surface area contributed by atoms with Crippen LogP contribution in [0.25, 0.3) is 0 Å². The van der Waals surface area contributed by atoms with Crippen molar-refractivity contribution in [3.05, 3.63) is 58.6 Å². The maximum absolute atomic E-state index is 13.7. The third kappa shape index (κ3) is 3.25. The molecule has 0 radical (unpaired) electrons. The molecule has 0 aliphatic carbocycles. The van der Waals surface area contributed by atoms with Gasteiger partial charge in [0.05, 0.1) is 18.2 Å². The number of rotatable bonds is 5. The summed E-state index contributed by atoms with van der Waals surface area (Å²) >= 11 is 6.09. The van der Waals surface area contributed by atoms with Crippen molar-refractivity contribution in [3.8, 4) is 5.75 Å². The van der Waals surface area contributed by atoms with Crippen LogP contribution in [0.15, 0.2) is 36.7 Å². The molecule has 3 N–H and O–H groups in total.